The predicted molar refractivity (Wildman–Crippen MR) is 59.6 cm³/mol. The minimum atomic E-state index is -2.88. The highest BCUT2D eigenvalue weighted by atomic mass is 19.3. The number of carbonyl (C=O) groups is 1. The van der Waals surface area contributed by atoms with Gasteiger partial charge < -0.3 is 15.2 Å². The average Bonchev–Trinajstić information content (AvgIpc) is 3.09. The Hall–Kier alpha value is -1.69. The fourth-order valence-electron chi connectivity index (χ4n) is 1.57. The van der Waals surface area contributed by atoms with Gasteiger partial charge >= 0.3 is 6.61 Å². The maximum atomic E-state index is 11.9. The molecule has 6 heteroatoms. The third-order valence-corrected chi connectivity index (χ3v) is 2.88. The summed E-state index contributed by atoms with van der Waals surface area (Å²) in [6, 6.07) is 5.42. The zero-order valence-electron chi connectivity index (χ0n) is 9.53. The molecule has 0 bridgehead atoms. The molecular formula is C12H13F2NO3. The van der Waals surface area contributed by atoms with Crippen LogP contribution < -0.4 is 10.1 Å². The van der Waals surface area contributed by atoms with Crippen LogP contribution in [0.2, 0.25) is 0 Å². The van der Waals surface area contributed by atoms with E-state index < -0.39 is 12.2 Å². The first-order chi connectivity index (χ1) is 8.54. The van der Waals surface area contributed by atoms with Crippen molar-refractivity contribution in [1.82, 2.24) is 5.32 Å². The molecule has 0 atom stereocenters. The monoisotopic (exact) mass is 257 g/mol. The van der Waals surface area contributed by atoms with Crippen molar-refractivity contribution in [3.8, 4) is 5.75 Å². The van der Waals surface area contributed by atoms with Crippen molar-refractivity contribution in [3.63, 3.8) is 0 Å². The molecule has 1 aromatic carbocycles. The number of alkyl halides is 2. The maximum Gasteiger partial charge on any atom is 0.387 e. The van der Waals surface area contributed by atoms with Gasteiger partial charge in [-0.1, -0.05) is 0 Å². The second-order valence-electron chi connectivity index (χ2n) is 4.30. The van der Waals surface area contributed by atoms with E-state index in [0.717, 1.165) is 12.8 Å². The summed E-state index contributed by atoms with van der Waals surface area (Å²) in [7, 11) is 0. The normalized spacial score (nSPS) is 16.4. The number of aliphatic hydroxyl groups excluding tert-OH is 1. The molecule has 0 spiro atoms. The maximum absolute atomic E-state index is 11.9. The fraction of sp³-hybridized carbons (Fsp3) is 0.417. The topological polar surface area (TPSA) is 58.6 Å². The van der Waals surface area contributed by atoms with E-state index in [-0.39, 0.29) is 18.3 Å². The molecular weight excluding hydrogens is 244 g/mol. The van der Waals surface area contributed by atoms with Gasteiger partial charge in [-0.15, -0.1) is 0 Å². The van der Waals surface area contributed by atoms with Crippen molar-refractivity contribution in [2.24, 2.45) is 0 Å². The lowest BCUT2D eigenvalue weighted by atomic mass is 10.2. The number of rotatable bonds is 5. The van der Waals surface area contributed by atoms with E-state index in [1.165, 1.54) is 24.3 Å². The first kappa shape index (κ1) is 12.8. The number of nitrogens with one attached hydrogen (secondary N) is 1. The number of ether oxygens (including phenoxy) is 1. The lowest BCUT2D eigenvalue weighted by Gasteiger charge is -2.14. The summed E-state index contributed by atoms with van der Waals surface area (Å²) in [5.74, 6) is -0.324. The molecule has 0 aromatic heterocycles. The molecule has 1 aromatic rings. The third kappa shape index (κ3) is 2.95. The lowest BCUT2D eigenvalue weighted by Crippen LogP contribution is -2.39. The largest absolute Gasteiger partial charge is 0.435 e. The molecule has 98 valence electrons. The van der Waals surface area contributed by atoms with Crippen molar-refractivity contribution < 1.29 is 23.4 Å². The first-order valence-corrected chi connectivity index (χ1v) is 5.53. The van der Waals surface area contributed by atoms with Gasteiger partial charge in [0.15, 0.2) is 0 Å². The summed E-state index contributed by atoms with van der Waals surface area (Å²) >= 11 is 0. The Morgan fingerprint density at radius 2 is 2.00 bits per heavy atom. The number of hydrogen-bond donors (Lipinski definition) is 2. The molecule has 0 heterocycles. The van der Waals surface area contributed by atoms with Gasteiger partial charge in [-0.3, -0.25) is 4.79 Å². The molecule has 0 unspecified atom stereocenters. The molecule has 2 rings (SSSR count). The van der Waals surface area contributed by atoms with Gasteiger partial charge in [0.25, 0.3) is 5.91 Å². The van der Waals surface area contributed by atoms with E-state index in [0.29, 0.717) is 5.56 Å². The molecule has 0 saturated heterocycles. The molecule has 1 fully saturated rings. The third-order valence-electron chi connectivity index (χ3n) is 2.88. The van der Waals surface area contributed by atoms with Crippen LogP contribution in [0.3, 0.4) is 0 Å². The van der Waals surface area contributed by atoms with Gasteiger partial charge in [0.05, 0.1) is 12.1 Å². The molecule has 1 aliphatic rings. The Labute approximate surface area is 103 Å². The summed E-state index contributed by atoms with van der Waals surface area (Å²) in [5.41, 5.74) is -0.147. The van der Waals surface area contributed by atoms with Gasteiger partial charge in [-0.2, -0.15) is 8.78 Å². The highest BCUT2D eigenvalue weighted by Crippen LogP contribution is 2.34. The van der Waals surface area contributed by atoms with Crippen LogP contribution in [0.1, 0.15) is 23.2 Å². The van der Waals surface area contributed by atoms with Crippen LogP contribution in [0, 0.1) is 0 Å². The van der Waals surface area contributed by atoms with Gasteiger partial charge in [-0.25, -0.2) is 0 Å². The minimum absolute atomic E-state index is 0.00448. The zero-order chi connectivity index (χ0) is 13.2. The summed E-state index contributed by atoms with van der Waals surface area (Å²) in [6.45, 7) is -2.97. The van der Waals surface area contributed by atoms with E-state index in [1.807, 2.05) is 0 Å². The van der Waals surface area contributed by atoms with Crippen molar-refractivity contribution >= 4 is 5.91 Å². The Morgan fingerprint density at radius 1 is 1.39 bits per heavy atom. The van der Waals surface area contributed by atoms with Gasteiger partial charge in [0, 0.05) is 5.56 Å². The van der Waals surface area contributed by atoms with E-state index in [4.69, 9.17) is 5.11 Å². The van der Waals surface area contributed by atoms with Crippen LogP contribution in [-0.4, -0.2) is 29.8 Å². The molecule has 4 nitrogen and oxygen atoms in total. The highest BCUT2D eigenvalue weighted by Gasteiger charge is 2.43. The Bertz CT molecular complexity index is 429. The van der Waals surface area contributed by atoms with Crippen molar-refractivity contribution in [2.45, 2.75) is 25.0 Å². The predicted octanol–water partition coefficient (Wildman–Crippen LogP) is 1.54. The second-order valence-corrected chi connectivity index (χ2v) is 4.30. The second kappa shape index (κ2) is 4.89. The van der Waals surface area contributed by atoms with Crippen molar-refractivity contribution in [2.75, 3.05) is 6.61 Å². The van der Waals surface area contributed by atoms with Crippen molar-refractivity contribution in [1.29, 1.82) is 0 Å². The first-order valence-electron chi connectivity index (χ1n) is 5.53. The van der Waals surface area contributed by atoms with E-state index in [2.05, 4.69) is 10.1 Å². The van der Waals surface area contributed by atoms with Crippen molar-refractivity contribution in [3.05, 3.63) is 29.8 Å². The number of amides is 1. The molecule has 1 saturated carbocycles. The van der Waals surface area contributed by atoms with Crippen LogP contribution in [0.5, 0.6) is 5.75 Å². The summed E-state index contributed by atoms with van der Waals surface area (Å²) in [4.78, 5) is 11.8. The number of hydrogen-bond acceptors (Lipinski definition) is 3. The Kier molecular flexibility index (Phi) is 3.47. The Morgan fingerprint density at radius 3 is 2.44 bits per heavy atom. The summed E-state index contributed by atoms with van der Waals surface area (Å²) in [6.07, 6.45) is 1.50. The molecule has 0 aliphatic heterocycles. The van der Waals surface area contributed by atoms with E-state index in [1.54, 1.807) is 0 Å². The van der Waals surface area contributed by atoms with Crippen LogP contribution in [0.4, 0.5) is 8.78 Å². The van der Waals surface area contributed by atoms with E-state index >= 15 is 0 Å². The molecule has 1 aliphatic carbocycles. The fourth-order valence-corrected chi connectivity index (χ4v) is 1.57. The number of aliphatic hydroxyl groups is 1. The number of carbonyl (C=O) groups excluding carboxylic acids is 1. The van der Waals surface area contributed by atoms with Crippen LogP contribution in [-0.2, 0) is 0 Å². The standard InChI is InChI=1S/C12H13F2NO3/c13-11(14)18-9-3-1-8(2-4-9)10(17)15-12(7-16)5-6-12/h1-4,11,16H,5-7H2,(H,15,17). The Balaban J connectivity index is 1.98. The SMILES string of the molecule is O=C(NC1(CO)CC1)c1ccc(OC(F)F)cc1. The molecule has 0 radical (unpaired) electrons. The lowest BCUT2D eigenvalue weighted by molar-refractivity contribution is -0.0498. The average molecular weight is 257 g/mol. The quantitative estimate of drug-likeness (QED) is 0.841. The number of benzene rings is 1. The molecule has 1 amide bonds. The molecule has 18 heavy (non-hydrogen) atoms. The summed E-state index contributed by atoms with van der Waals surface area (Å²) in [5, 5.41) is 11.8. The smallest absolute Gasteiger partial charge is 0.387 e. The minimum Gasteiger partial charge on any atom is -0.435 e. The van der Waals surface area contributed by atoms with E-state index in [9.17, 15) is 13.6 Å². The molecule has 2 N–H and O–H groups in total. The zero-order valence-corrected chi connectivity index (χ0v) is 9.53. The summed E-state index contributed by atoms with van der Waals surface area (Å²) < 4.78 is 28.0. The van der Waals surface area contributed by atoms with Crippen LogP contribution >= 0.6 is 0 Å². The van der Waals surface area contributed by atoms with Gasteiger partial charge in [0.2, 0.25) is 0 Å². The number of halogens is 2. The van der Waals surface area contributed by atoms with Crippen LogP contribution in [0.25, 0.3) is 0 Å². The highest BCUT2D eigenvalue weighted by molar-refractivity contribution is 5.95. The van der Waals surface area contributed by atoms with Gasteiger partial charge in [0.1, 0.15) is 5.75 Å². The van der Waals surface area contributed by atoms with Gasteiger partial charge in [-0.05, 0) is 37.1 Å². The van der Waals surface area contributed by atoms with Crippen LogP contribution in [0.15, 0.2) is 24.3 Å².